The van der Waals surface area contributed by atoms with Crippen molar-refractivity contribution in [1.29, 1.82) is 0 Å². The number of nitrogens with zero attached hydrogens (tertiary/aromatic N) is 5. The lowest BCUT2D eigenvalue weighted by molar-refractivity contribution is 0.0990. The lowest BCUT2D eigenvalue weighted by Gasteiger charge is -2.29. The molecule has 0 atom stereocenters. The number of amides is 1. The standard InChI is InChI=1S/C22H20ClN7O2S/c23-17-11-15(3-6-19(17)29-7-9-32-10-8-29)26-22-27-18(12-33-22)14-1-4-16(5-2-14)30-13-25-21(28-30)20(24)31/h1-6,11-13H,7-10H2,(H2,24,31)(H,26,27). The zero-order valence-electron chi connectivity index (χ0n) is 17.4. The van der Waals surface area contributed by atoms with Gasteiger partial charge in [0.2, 0.25) is 5.82 Å². The first-order valence-electron chi connectivity index (χ1n) is 10.2. The molecular weight excluding hydrogens is 462 g/mol. The molecule has 1 aliphatic rings. The largest absolute Gasteiger partial charge is 0.378 e. The van der Waals surface area contributed by atoms with E-state index in [1.54, 1.807) is 0 Å². The number of aromatic nitrogens is 4. The molecule has 2 aromatic carbocycles. The summed E-state index contributed by atoms with van der Waals surface area (Å²) in [6, 6.07) is 13.6. The van der Waals surface area contributed by atoms with Crippen LogP contribution in [0.1, 0.15) is 10.6 Å². The van der Waals surface area contributed by atoms with E-state index in [0.29, 0.717) is 18.2 Å². The number of nitrogens with two attached hydrogens (primary N) is 1. The molecule has 3 heterocycles. The average Bonchev–Trinajstić information content (AvgIpc) is 3.50. The van der Waals surface area contributed by atoms with Crippen LogP contribution in [0.3, 0.4) is 0 Å². The molecule has 11 heteroatoms. The van der Waals surface area contributed by atoms with Crippen LogP contribution in [0.4, 0.5) is 16.5 Å². The summed E-state index contributed by atoms with van der Waals surface area (Å²) >= 11 is 8.05. The third kappa shape index (κ3) is 4.68. The number of thiazole rings is 1. The van der Waals surface area contributed by atoms with Crippen molar-refractivity contribution in [2.75, 3.05) is 36.5 Å². The number of primary amides is 1. The molecule has 33 heavy (non-hydrogen) atoms. The Bertz CT molecular complexity index is 1280. The zero-order valence-corrected chi connectivity index (χ0v) is 19.0. The van der Waals surface area contributed by atoms with E-state index in [2.05, 4.69) is 25.3 Å². The van der Waals surface area contributed by atoms with Crippen molar-refractivity contribution in [3.63, 3.8) is 0 Å². The fourth-order valence-corrected chi connectivity index (χ4v) is 4.56. The molecule has 1 saturated heterocycles. The fourth-order valence-electron chi connectivity index (χ4n) is 3.52. The number of morpholine rings is 1. The topological polar surface area (TPSA) is 111 Å². The Morgan fingerprint density at radius 2 is 1.94 bits per heavy atom. The predicted molar refractivity (Wildman–Crippen MR) is 129 cm³/mol. The Morgan fingerprint density at radius 3 is 2.64 bits per heavy atom. The SMILES string of the molecule is NC(=O)c1ncn(-c2ccc(-c3csc(Nc4ccc(N5CCOCC5)c(Cl)c4)n3)cc2)n1. The first-order chi connectivity index (χ1) is 16.1. The van der Waals surface area contributed by atoms with Crippen LogP contribution in [0.25, 0.3) is 16.9 Å². The van der Waals surface area contributed by atoms with Crippen molar-refractivity contribution in [3.05, 3.63) is 65.0 Å². The Labute approximate surface area is 198 Å². The minimum absolute atomic E-state index is 0.0209. The molecule has 4 aromatic rings. The van der Waals surface area contributed by atoms with E-state index in [1.165, 1.54) is 22.3 Å². The molecule has 9 nitrogen and oxygen atoms in total. The molecule has 2 aromatic heterocycles. The van der Waals surface area contributed by atoms with Crippen LogP contribution in [-0.2, 0) is 4.74 Å². The molecule has 168 valence electrons. The van der Waals surface area contributed by atoms with E-state index in [1.807, 2.05) is 47.8 Å². The van der Waals surface area contributed by atoms with Crippen molar-refractivity contribution in [2.24, 2.45) is 5.73 Å². The molecule has 1 amide bonds. The highest BCUT2D eigenvalue weighted by Crippen LogP contribution is 2.32. The summed E-state index contributed by atoms with van der Waals surface area (Å²) in [6.07, 6.45) is 1.45. The lowest BCUT2D eigenvalue weighted by atomic mass is 10.1. The van der Waals surface area contributed by atoms with Gasteiger partial charge in [0, 0.05) is 29.7 Å². The number of carbonyl (C=O) groups is 1. The van der Waals surface area contributed by atoms with Crippen molar-refractivity contribution in [1.82, 2.24) is 19.7 Å². The Kier molecular flexibility index (Phi) is 5.95. The van der Waals surface area contributed by atoms with Gasteiger partial charge in [0.05, 0.1) is 35.3 Å². The molecule has 3 N–H and O–H groups in total. The van der Waals surface area contributed by atoms with Gasteiger partial charge < -0.3 is 20.7 Å². The molecule has 1 aliphatic heterocycles. The number of benzene rings is 2. The van der Waals surface area contributed by atoms with Gasteiger partial charge in [-0.3, -0.25) is 4.79 Å². The van der Waals surface area contributed by atoms with E-state index < -0.39 is 5.91 Å². The van der Waals surface area contributed by atoms with Crippen molar-refractivity contribution >= 4 is 45.4 Å². The number of carbonyl (C=O) groups excluding carboxylic acids is 1. The first kappa shape index (κ1) is 21.4. The quantitative estimate of drug-likeness (QED) is 0.431. The Balaban J connectivity index is 1.28. The van der Waals surface area contributed by atoms with E-state index in [4.69, 9.17) is 22.1 Å². The van der Waals surface area contributed by atoms with Crippen LogP contribution in [0.5, 0.6) is 0 Å². The lowest BCUT2D eigenvalue weighted by Crippen LogP contribution is -2.36. The number of rotatable bonds is 6. The second-order valence-corrected chi connectivity index (χ2v) is 8.62. The van der Waals surface area contributed by atoms with Gasteiger partial charge >= 0.3 is 0 Å². The number of nitrogens with one attached hydrogen (secondary N) is 1. The average molecular weight is 482 g/mol. The summed E-state index contributed by atoms with van der Waals surface area (Å²) < 4.78 is 6.92. The minimum Gasteiger partial charge on any atom is -0.378 e. The molecule has 0 saturated carbocycles. The van der Waals surface area contributed by atoms with E-state index >= 15 is 0 Å². The fraction of sp³-hybridized carbons (Fsp3) is 0.182. The summed E-state index contributed by atoms with van der Waals surface area (Å²) in [5.41, 5.74) is 9.67. The van der Waals surface area contributed by atoms with E-state index in [0.717, 1.165) is 46.5 Å². The number of hydrogen-bond acceptors (Lipinski definition) is 8. The molecule has 0 spiro atoms. The maximum Gasteiger partial charge on any atom is 0.288 e. The third-order valence-corrected chi connectivity index (χ3v) is 6.26. The number of hydrogen-bond donors (Lipinski definition) is 2. The molecule has 0 radical (unpaired) electrons. The Hall–Kier alpha value is -3.47. The van der Waals surface area contributed by atoms with Crippen molar-refractivity contribution in [2.45, 2.75) is 0 Å². The smallest absolute Gasteiger partial charge is 0.288 e. The van der Waals surface area contributed by atoms with Crippen LogP contribution >= 0.6 is 22.9 Å². The highest BCUT2D eigenvalue weighted by Gasteiger charge is 2.15. The summed E-state index contributed by atoms with van der Waals surface area (Å²) in [4.78, 5) is 22.0. The van der Waals surface area contributed by atoms with Crippen LogP contribution in [0, 0.1) is 0 Å². The van der Waals surface area contributed by atoms with Crippen LogP contribution in [0.15, 0.2) is 54.2 Å². The highest BCUT2D eigenvalue weighted by atomic mass is 35.5. The number of halogens is 1. The van der Waals surface area contributed by atoms with Gasteiger partial charge in [0.25, 0.3) is 5.91 Å². The summed E-state index contributed by atoms with van der Waals surface area (Å²) in [6.45, 7) is 3.10. The predicted octanol–water partition coefficient (Wildman–Crippen LogP) is 3.72. The van der Waals surface area contributed by atoms with Crippen LogP contribution in [-0.4, -0.2) is 52.0 Å². The molecule has 1 fully saturated rings. The van der Waals surface area contributed by atoms with Gasteiger partial charge in [0.1, 0.15) is 6.33 Å². The van der Waals surface area contributed by atoms with Gasteiger partial charge in [-0.1, -0.05) is 23.7 Å². The number of ether oxygens (including phenoxy) is 1. The van der Waals surface area contributed by atoms with Gasteiger partial charge in [0.15, 0.2) is 5.13 Å². The van der Waals surface area contributed by atoms with Gasteiger partial charge in [-0.05, 0) is 30.3 Å². The molecule has 0 bridgehead atoms. The monoisotopic (exact) mass is 481 g/mol. The minimum atomic E-state index is -0.662. The maximum absolute atomic E-state index is 11.2. The zero-order chi connectivity index (χ0) is 22.8. The van der Waals surface area contributed by atoms with E-state index in [9.17, 15) is 4.79 Å². The van der Waals surface area contributed by atoms with Gasteiger partial charge in [-0.25, -0.2) is 14.6 Å². The van der Waals surface area contributed by atoms with Gasteiger partial charge in [-0.15, -0.1) is 16.4 Å². The second-order valence-electron chi connectivity index (χ2n) is 7.35. The summed E-state index contributed by atoms with van der Waals surface area (Å²) in [7, 11) is 0. The molecule has 0 aliphatic carbocycles. The molecule has 5 rings (SSSR count). The third-order valence-electron chi connectivity index (χ3n) is 5.19. The van der Waals surface area contributed by atoms with Crippen molar-refractivity contribution in [3.8, 4) is 16.9 Å². The maximum atomic E-state index is 11.2. The molecule has 0 unspecified atom stereocenters. The second kappa shape index (κ2) is 9.18. The van der Waals surface area contributed by atoms with Gasteiger partial charge in [-0.2, -0.15) is 0 Å². The normalized spacial score (nSPS) is 13.8. The summed E-state index contributed by atoms with van der Waals surface area (Å²) in [5.74, 6) is -0.683. The highest BCUT2D eigenvalue weighted by molar-refractivity contribution is 7.14. The van der Waals surface area contributed by atoms with Crippen LogP contribution in [0.2, 0.25) is 5.02 Å². The van der Waals surface area contributed by atoms with E-state index in [-0.39, 0.29) is 5.82 Å². The first-order valence-corrected chi connectivity index (χ1v) is 11.5. The van der Waals surface area contributed by atoms with Crippen LogP contribution < -0.4 is 16.0 Å². The molecular formula is C22H20ClN7O2S. The Morgan fingerprint density at radius 1 is 1.15 bits per heavy atom. The summed E-state index contributed by atoms with van der Waals surface area (Å²) in [5, 5.41) is 10.8. The number of anilines is 3. The van der Waals surface area contributed by atoms with Crippen molar-refractivity contribution < 1.29 is 9.53 Å².